The van der Waals surface area contributed by atoms with Crippen molar-refractivity contribution in [1.82, 2.24) is 10.1 Å². The fourth-order valence-corrected chi connectivity index (χ4v) is 3.08. The zero-order chi connectivity index (χ0) is 23.3. The van der Waals surface area contributed by atoms with E-state index in [2.05, 4.69) is 9.89 Å². The molecule has 3 rings (SSSR count). The summed E-state index contributed by atoms with van der Waals surface area (Å²) in [5.41, 5.74) is 2.69. The van der Waals surface area contributed by atoms with E-state index < -0.39 is 6.36 Å². The van der Waals surface area contributed by atoms with Crippen LogP contribution >= 0.6 is 0 Å². The molecule has 0 atom stereocenters. The maximum absolute atomic E-state index is 12.6. The number of aromatic nitrogens is 1. The molecule has 9 heteroatoms. The van der Waals surface area contributed by atoms with Crippen molar-refractivity contribution >= 4 is 5.91 Å². The summed E-state index contributed by atoms with van der Waals surface area (Å²) in [5, 5.41) is 3.88. The van der Waals surface area contributed by atoms with Crippen LogP contribution in [0.5, 0.6) is 11.5 Å². The number of hydrogen-bond donors (Lipinski definition) is 0. The van der Waals surface area contributed by atoms with Gasteiger partial charge in [-0.05, 0) is 37.6 Å². The summed E-state index contributed by atoms with van der Waals surface area (Å²) in [6.07, 6.45) is -4.70. The Morgan fingerprint density at radius 1 is 1.09 bits per heavy atom. The number of nitrogens with zero attached hydrogens (tertiary/aromatic N) is 2. The second-order valence-electron chi connectivity index (χ2n) is 7.32. The number of alkyl halides is 3. The van der Waals surface area contributed by atoms with Crippen LogP contribution in [-0.4, -0.2) is 29.4 Å². The third-order valence-electron chi connectivity index (χ3n) is 4.87. The largest absolute Gasteiger partial charge is 0.573 e. The lowest BCUT2D eigenvalue weighted by molar-refractivity contribution is -0.275. The molecule has 170 valence electrons. The molecule has 0 aliphatic heterocycles. The van der Waals surface area contributed by atoms with Gasteiger partial charge in [0.05, 0.1) is 17.7 Å². The minimum atomic E-state index is -4.80. The van der Waals surface area contributed by atoms with Gasteiger partial charge in [-0.25, -0.2) is 0 Å². The number of carbonyl (C=O) groups is 1. The SMILES string of the molecule is Cc1noc(C)c1COc1ccc(CC(=O)N(C)Cc2ccccc2OC(F)(F)F)cc1. The van der Waals surface area contributed by atoms with Crippen molar-refractivity contribution in [3.8, 4) is 11.5 Å². The minimum Gasteiger partial charge on any atom is -0.489 e. The van der Waals surface area contributed by atoms with Crippen molar-refractivity contribution in [2.75, 3.05) is 7.05 Å². The summed E-state index contributed by atoms with van der Waals surface area (Å²) in [7, 11) is 1.54. The van der Waals surface area contributed by atoms with Gasteiger partial charge in [0.1, 0.15) is 23.9 Å². The average Bonchev–Trinajstić information content (AvgIpc) is 3.05. The summed E-state index contributed by atoms with van der Waals surface area (Å²) in [6, 6.07) is 12.8. The Morgan fingerprint density at radius 3 is 2.41 bits per heavy atom. The van der Waals surface area contributed by atoms with Gasteiger partial charge in [0.25, 0.3) is 0 Å². The molecule has 0 spiro atoms. The Balaban J connectivity index is 1.57. The molecule has 6 nitrogen and oxygen atoms in total. The van der Waals surface area contributed by atoms with Gasteiger partial charge < -0.3 is 18.9 Å². The van der Waals surface area contributed by atoms with Crippen molar-refractivity contribution in [3.05, 3.63) is 76.7 Å². The number of carbonyl (C=O) groups excluding carboxylic acids is 1. The van der Waals surface area contributed by atoms with Crippen LogP contribution in [0.15, 0.2) is 53.1 Å². The zero-order valence-corrected chi connectivity index (χ0v) is 17.9. The Hall–Kier alpha value is -3.49. The number of halogens is 3. The van der Waals surface area contributed by atoms with Crippen LogP contribution in [0.25, 0.3) is 0 Å². The maximum atomic E-state index is 12.6. The van der Waals surface area contributed by atoms with Crippen molar-refractivity contribution < 1.29 is 32.0 Å². The molecule has 0 fully saturated rings. The molecule has 1 amide bonds. The lowest BCUT2D eigenvalue weighted by Crippen LogP contribution is -2.28. The van der Waals surface area contributed by atoms with Crippen LogP contribution in [0.4, 0.5) is 13.2 Å². The molecule has 0 saturated carbocycles. The van der Waals surface area contributed by atoms with Crippen LogP contribution in [0.3, 0.4) is 0 Å². The van der Waals surface area contributed by atoms with E-state index in [4.69, 9.17) is 9.26 Å². The number of ether oxygens (including phenoxy) is 2. The van der Waals surface area contributed by atoms with Crippen LogP contribution in [0, 0.1) is 13.8 Å². The fourth-order valence-electron chi connectivity index (χ4n) is 3.08. The fraction of sp³-hybridized carbons (Fsp3) is 0.304. The highest BCUT2D eigenvalue weighted by atomic mass is 19.4. The Bertz CT molecular complexity index is 1040. The summed E-state index contributed by atoms with van der Waals surface area (Å²) >= 11 is 0. The van der Waals surface area contributed by atoms with Crippen molar-refractivity contribution in [2.45, 2.75) is 39.8 Å². The van der Waals surface area contributed by atoms with Gasteiger partial charge in [0.15, 0.2) is 0 Å². The lowest BCUT2D eigenvalue weighted by Gasteiger charge is -2.20. The molecule has 0 bridgehead atoms. The van der Waals surface area contributed by atoms with Gasteiger partial charge in [-0.1, -0.05) is 35.5 Å². The zero-order valence-electron chi connectivity index (χ0n) is 17.9. The number of likely N-dealkylation sites (N-methyl/N-ethyl adjacent to an activating group) is 1. The number of benzene rings is 2. The first kappa shape index (κ1) is 23.2. The molecule has 2 aromatic carbocycles. The molecular weight excluding hydrogens is 425 g/mol. The first-order valence-electron chi connectivity index (χ1n) is 9.83. The minimum absolute atomic E-state index is 0.0102. The maximum Gasteiger partial charge on any atom is 0.573 e. The predicted octanol–water partition coefficient (Wildman–Crippen LogP) is 4.97. The quantitative estimate of drug-likeness (QED) is 0.487. The molecule has 0 unspecified atom stereocenters. The van der Waals surface area contributed by atoms with Crippen LogP contribution < -0.4 is 9.47 Å². The van der Waals surface area contributed by atoms with Gasteiger partial charge >= 0.3 is 6.36 Å². The number of rotatable bonds is 8. The van der Waals surface area contributed by atoms with Gasteiger partial charge in [-0.15, -0.1) is 13.2 Å². The average molecular weight is 448 g/mol. The van der Waals surface area contributed by atoms with Crippen molar-refractivity contribution in [1.29, 1.82) is 0 Å². The summed E-state index contributed by atoms with van der Waals surface area (Å²) in [4.78, 5) is 13.9. The number of para-hydroxylation sites is 1. The van der Waals surface area contributed by atoms with E-state index in [-0.39, 0.29) is 30.2 Å². The smallest absolute Gasteiger partial charge is 0.489 e. The first-order chi connectivity index (χ1) is 15.1. The third-order valence-corrected chi connectivity index (χ3v) is 4.87. The molecule has 1 aromatic heterocycles. The monoisotopic (exact) mass is 448 g/mol. The second-order valence-corrected chi connectivity index (χ2v) is 7.32. The normalized spacial score (nSPS) is 11.3. The topological polar surface area (TPSA) is 64.8 Å². The highest BCUT2D eigenvalue weighted by Crippen LogP contribution is 2.27. The second kappa shape index (κ2) is 9.76. The third kappa shape index (κ3) is 6.26. The molecule has 0 aliphatic rings. The van der Waals surface area contributed by atoms with Gasteiger partial charge in [0.2, 0.25) is 5.91 Å². The van der Waals surface area contributed by atoms with E-state index in [9.17, 15) is 18.0 Å². The summed E-state index contributed by atoms with van der Waals surface area (Å²) in [6.45, 7) is 3.97. The van der Waals surface area contributed by atoms with Crippen molar-refractivity contribution in [3.63, 3.8) is 0 Å². The van der Waals surface area contributed by atoms with Crippen LogP contribution in [0.1, 0.15) is 28.1 Å². The molecular formula is C23H23F3N2O4. The molecule has 1 heterocycles. The molecule has 0 radical (unpaired) electrons. The van der Waals surface area contributed by atoms with E-state index in [1.54, 1.807) is 30.3 Å². The Morgan fingerprint density at radius 2 is 1.78 bits per heavy atom. The standard InChI is InChI=1S/C23H23F3N2O4/c1-15-20(16(2)32-27-15)14-30-19-10-8-17(9-11-19)12-22(29)28(3)13-18-6-4-5-7-21(18)31-23(24,25)26/h4-11H,12-14H2,1-3H3. The predicted molar refractivity (Wildman–Crippen MR) is 110 cm³/mol. The number of amides is 1. The Kier molecular flexibility index (Phi) is 7.07. The highest BCUT2D eigenvalue weighted by Gasteiger charge is 2.32. The van der Waals surface area contributed by atoms with E-state index in [1.807, 2.05) is 13.8 Å². The van der Waals surface area contributed by atoms with Gasteiger partial charge in [-0.3, -0.25) is 4.79 Å². The van der Waals surface area contributed by atoms with Crippen LogP contribution in [-0.2, 0) is 24.4 Å². The van der Waals surface area contributed by atoms with E-state index in [0.717, 1.165) is 16.8 Å². The van der Waals surface area contributed by atoms with E-state index >= 15 is 0 Å². The van der Waals surface area contributed by atoms with E-state index in [1.165, 1.54) is 30.1 Å². The molecule has 0 N–H and O–H groups in total. The first-order valence-corrected chi connectivity index (χ1v) is 9.83. The molecule has 0 aliphatic carbocycles. The number of aryl methyl sites for hydroxylation is 2. The molecule has 3 aromatic rings. The van der Waals surface area contributed by atoms with Crippen LogP contribution in [0.2, 0.25) is 0 Å². The van der Waals surface area contributed by atoms with Crippen molar-refractivity contribution in [2.24, 2.45) is 0 Å². The number of hydrogen-bond acceptors (Lipinski definition) is 5. The highest BCUT2D eigenvalue weighted by molar-refractivity contribution is 5.78. The lowest BCUT2D eigenvalue weighted by atomic mass is 10.1. The summed E-state index contributed by atoms with van der Waals surface area (Å²) < 4.78 is 52.7. The van der Waals surface area contributed by atoms with Gasteiger partial charge in [-0.2, -0.15) is 0 Å². The molecule has 0 saturated heterocycles. The Labute approximate surface area is 183 Å². The van der Waals surface area contributed by atoms with E-state index in [0.29, 0.717) is 18.1 Å². The molecule has 32 heavy (non-hydrogen) atoms. The van der Waals surface area contributed by atoms with Gasteiger partial charge in [0, 0.05) is 19.2 Å². The summed E-state index contributed by atoms with van der Waals surface area (Å²) in [5.74, 6) is 0.776.